The minimum atomic E-state index is -3.79. The smallest absolute Gasteiger partial charge is 0.291 e. The zero-order valence-corrected chi connectivity index (χ0v) is 18.2. The lowest BCUT2D eigenvalue weighted by molar-refractivity contribution is 0.0363. The summed E-state index contributed by atoms with van der Waals surface area (Å²) >= 11 is 0.753. The summed E-state index contributed by atoms with van der Waals surface area (Å²) < 4.78 is 60.4. The van der Waals surface area contributed by atoms with Crippen LogP contribution >= 0.6 is 11.3 Å². The molecular formula is C17H23F2N7O3S2. The van der Waals surface area contributed by atoms with Crippen molar-refractivity contribution in [1.82, 2.24) is 35.8 Å². The summed E-state index contributed by atoms with van der Waals surface area (Å²) in [6, 6.07) is 0. The summed E-state index contributed by atoms with van der Waals surface area (Å²) in [6.07, 6.45) is 1.94. The molecule has 0 radical (unpaired) electrons. The maximum Gasteiger partial charge on any atom is 0.291 e. The monoisotopic (exact) mass is 475 g/mol. The van der Waals surface area contributed by atoms with Crippen LogP contribution < -0.4 is 15.7 Å². The van der Waals surface area contributed by atoms with Crippen molar-refractivity contribution in [2.75, 3.05) is 26.3 Å². The van der Waals surface area contributed by atoms with Gasteiger partial charge in [0.1, 0.15) is 11.5 Å². The fourth-order valence-electron chi connectivity index (χ4n) is 3.47. The van der Waals surface area contributed by atoms with Crippen LogP contribution in [0.5, 0.6) is 0 Å². The summed E-state index contributed by atoms with van der Waals surface area (Å²) in [5.74, 6) is 0.614. The number of ether oxygens (including phenoxy) is 1. The molecule has 4 heterocycles. The Morgan fingerprint density at radius 1 is 1.29 bits per heavy atom. The van der Waals surface area contributed by atoms with Crippen molar-refractivity contribution in [1.29, 1.82) is 0 Å². The molecule has 0 atom stereocenters. The van der Waals surface area contributed by atoms with Crippen LogP contribution in [0.1, 0.15) is 37.6 Å². The first-order chi connectivity index (χ1) is 14.8. The molecule has 0 amide bonds. The van der Waals surface area contributed by atoms with Gasteiger partial charge in [0.25, 0.3) is 6.43 Å². The Balaban J connectivity index is 0.00000245. The van der Waals surface area contributed by atoms with Crippen molar-refractivity contribution in [2.24, 2.45) is 0 Å². The largest absolute Gasteiger partial charge is 0.378 e. The molecule has 5 rings (SSSR count). The number of nitrogens with one attached hydrogen (secondary N) is 3. The summed E-state index contributed by atoms with van der Waals surface area (Å²) in [4.78, 5) is 2.10. The van der Waals surface area contributed by atoms with Crippen molar-refractivity contribution in [3.63, 3.8) is 0 Å². The molecule has 1 aromatic rings. The number of morpholine rings is 1. The highest BCUT2D eigenvalue weighted by Gasteiger charge is 2.43. The summed E-state index contributed by atoms with van der Waals surface area (Å²) in [5, 5.41) is 8.91. The zero-order valence-electron chi connectivity index (χ0n) is 16.6. The average Bonchev–Trinajstić information content (AvgIpc) is 3.13. The van der Waals surface area contributed by atoms with E-state index < -0.39 is 27.0 Å². The molecule has 3 aliphatic heterocycles. The molecule has 1 aromatic heterocycles. The van der Waals surface area contributed by atoms with Crippen LogP contribution in [-0.2, 0) is 14.8 Å². The minimum Gasteiger partial charge on any atom is -0.378 e. The van der Waals surface area contributed by atoms with Gasteiger partial charge in [-0.15, -0.1) is 15.7 Å². The van der Waals surface area contributed by atoms with Crippen LogP contribution in [0.15, 0.2) is 28.6 Å². The van der Waals surface area contributed by atoms with Gasteiger partial charge in [-0.05, 0) is 25.8 Å². The maximum atomic E-state index is 13.1. The fraction of sp³-hybridized carbons (Fsp3) is 0.529. The predicted molar refractivity (Wildman–Crippen MR) is 110 cm³/mol. The SMILES string of the molecule is CC1(NS(=O)(=O)C2=CC3=C(c4nnc(C(F)F)s4)NNN3C(N3CCOCC3)=C2)CC1.[HH]. The van der Waals surface area contributed by atoms with E-state index in [0.29, 0.717) is 43.5 Å². The number of rotatable bonds is 6. The van der Waals surface area contributed by atoms with Crippen LogP contribution in [0, 0.1) is 0 Å². The number of hydrogen-bond acceptors (Lipinski definition) is 10. The van der Waals surface area contributed by atoms with E-state index in [1.807, 2.05) is 11.8 Å². The lowest BCUT2D eigenvalue weighted by Gasteiger charge is -2.37. The molecule has 1 saturated heterocycles. The number of aromatic nitrogens is 2. The molecule has 2 fully saturated rings. The first kappa shape index (κ1) is 20.8. The van der Waals surface area contributed by atoms with E-state index in [0.717, 1.165) is 24.2 Å². The standard InChI is InChI=1S/C17H21F2N7O3S2.H2/c1-17(2-3-17)23-31(27,28)10-8-11-13(15-21-22-16(30-15)14(18)19)20-24-26(11)12(9-10)25-4-6-29-7-5-25;/h8-9,14,20,23-24H,2-7H2,1H3;1H. The second-order valence-electron chi connectivity index (χ2n) is 7.89. The van der Waals surface area contributed by atoms with E-state index in [4.69, 9.17) is 4.74 Å². The maximum absolute atomic E-state index is 13.1. The lowest BCUT2D eigenvalue weighted by atomic mass is 10.2. The molecule has 170 valence electrons. The topological polar surface area (TPSA) is 112 Å². The third kappa shape index (κ3) is 3.93. The molecule has 10 nitrogen and oxygen atoms in total. The number of hydrazine groups is 2. The van der Waals surface area contributed by atoms with Gasteiger partial charge in [0.15, 0.2) is 10.0 Å². The van der Waals surface area contributed by atoms with E-state index in [-0.39, 0.29) is 11.3 Å². The van der Waals surface area contributed by atoms with Gasteiger partial charge >= 0.3 is 0 Å². The minimum absolute atomic E-state index is 0. The summed E-state index contributed by atoms with van der Waals surface area (Å²) in [7, 11) is -3.79. The van der Waals surface area contributed by atoms with Gasteiger partial charge in [-0.3, -0.25) is 5.43 Å². The number of nitrogens with zero attached hydrogens (tertiary/aromatic N) is 4. The Hall–Kier alpha value is -2.13. The first-order valence-corrected chi connectivity index (χ1v) is 12.0. The molecule has 0 spiro atoms. The molecule has 3 N–H and O–H groups in total. The van der Waals surface area contributed by atoms with Gasteiger partial charge in [0.05, 0.1) is 23.8 Å². The quantitative estimate of drug-likeness (QED) is 0.560. The van der Waals surface area contributed by atoms with Crippen molar-refractivity contribution in [3.05, 3.63) is 38.6 Å². The molecule has 1 aliphatic carbocycles. The number of fused-ring (bicyclic) bond motifs is 1. The van der Waals surface area contributed by atoms with Crippen LogP contribution in [-0.4, -0.2) is 60.4 Å². The van der Waals surface area contributed by atoms with Gasteiger partial charge in [0.2, 0.25) is 10.0 Å². The number of alkyl halides is 2. The van der Waals surface area contributed by atoms with Crippen LogP contribution in [0.2, 0.25) is 0 Å². The highest BCUT2D eigenvalue weighted by molar-refractivity contribution is 7.93. The van der Waals surface area contributed by atoms with Crippen molar-refractivity contribution < 1.29 is 23.4 Å². The summed E-state index contributed by atoms with van der Waals surface area (Å²) in [6.45, 7) is 4.06. The predicted octanol–water partition coefficient (Wildman–Crippen LogP) is 1.26. The Morgan fingerprint density at radius 3 is 2.68 bits per heavy atom. The molecule has 31 heavy (non-hydrogen) atoms. The average molecular weight is 476 g/mol. The zero-order chi connectivity index (χ0) is 21.8. The Morgan fingerprint density at radius 2 is 2.03 bits per heavy atom. The molecule has 1 saturated carbocycles. The number of allylic oxidation sites excluding steroid dienone is 2. The number of halogens is 2. The lowest BCUT2D eigenvalue weighted by Crippen LogP contribution is -2.47. The highest BCUT2D eigenvalue weighted by atomic mass is 32.2. The Bertz CT molecular complexity index is 1100. The number of hydrogen-bond donors (Lipinski definition) is 3. The fourth-order valence-corrected chi connectivity index (χ4v) is 5.68. The van der Waals surface area contributed by atoms with Gasteiger partial charge < -0.3 is 9.64 Å². The van der Waals surface area contributed by atoms with Gasteiger partial charge in [-0.2, -0.15) is 0 Å². The molecular weight excluding hydrogens is 452 g/mol. The van der Waals surface area contributed by atoms with Gasteiger partial charge in [0, 0.05) is 26.1 Å². The third-order valence-corrected chi connectivity index (χ3v) is 8.00. The van der Waals surface area contributed by atoms with Crippen LogP contribution in [0.25, 0.3) is 5.70 Å². The second-order valence-corrected chi connectivity index (χ2v) is 10.6. The number of sulfonamides is 1. The molecule has 0 bridgehead atoms. The van der Waals surface area contributed by atoms with E-state index >= 15 is 0 Å². The Kier molecular flexibility index (Phi) is 5.01. The van der Waals surface area contributed by atoms with Crippen molar-refractivity contribution in [3.8, 4) is 0 Å². The van der Waals surface area contributed by atoms with Crippen molar-refractivity contribution in [2.45, 2.75) is 31.7 Å². The second kappa shape index (κ2) is 7.48. The molecule has 14 heteroatoms. The van der Waals surface area contributed by atoms with Gasteiger partial charge in [-0.1, -0.05) is 11.3 Å². The highest BCUT2D eigenvalue weighted by Crippen LogP contribution is 2.39. The molecule has 0 unspecified atom stereocenters. The Labute approximate surface area is 183 Å². The third-order valence-electron chi connectivity index (χ3n) is 5.44. The van der Waals surface area contributed by atoms with E-state index in [2.05, 4.69) is 25.9 Å². The van der Waals surface area contributed by atoms with E-state index in [1.54, 1.807) is 11.1 Å². The van der Waals surface area contributed by atoms with Crippen LogP contribution in [0.4, 0.5) is 8.78 Å². The van der Waals surface area contributed by atoms with Crippen LogP contribution in [0.3, 0.4) is 0 Å². The normalized spacial score (nSPS) is 23.0. The van der Waals surface area contributed by atoms with Crippen molar-refractivity contribution >= 4 is 27.1 Å². The first-order valence-electron chi connectivity index (χ1n) is 9.74. The summed E-state index contributed by atoms with van der Waals surface area (Å²) in [5.41, 5.74) is 6.32. The van der Waals surface area contributed by atoms with Gasteiger partial charge in [-0.25, -0.2) is 26.9 Å². The van der Waals surface area contributed by atoms with E-state index in [1.165, 1.54) is 6.08 Å². The van der Waals surface area contributed by atoms with E-state index in [9.17, 15) is 17.2 Å². The molecule has 4 aliphatic rings. The molecule has 0 aromatic carbocycles.